The maximum Gasteiger partial charge on any atom is 0.220 e. The summed E-state index contributed by atoms with van der Waals surface area (Å²) in [6, 6.07) is 0.361. The van der Waals surface area contributed by atoms with Crippen molar-refractivity contribution in [3.63, 3.8) is 0 Å². The highest BCUT2D eigenvalue weighted by atomic mass is 16.1. The number of carbonyl (C=O) groups excluding carboxylic acids is 1. The van der Waals surface area contributed by atoms with Crippen molar-refractivity contribution in [1.29, 1.82) is 0 Å². The summed E-state index contributed by atoms with van der Waals surface area (Å²) in [6.45, 7) is 6.28. The Bertz CT molecular complexity index is 176. The van der Waals surface area contributed by atoms with E-state index in [9.17, 15) is 4.79 Å². The van der Waals surface area contributed by atoms with Gasteiger partial charge in [0.1, 0.15) is 0 Å². The molecule has 1 fully saturated rings. The van der Waals surface area contributed by atoms with Gasteiger partial charge in [0.25, 0.3) is 0 Å². The van der Waals surface area contributed by atoms with Crippen LogP contribution in [0.25, 0.3) is 0 Å². The Hall–Kier alpha value is -0.570. The predicted molar refractivity (Wildman–Crippen MR) is 58.1 cm³/mol. The lowest BCUT2D eigenvalue weighted by atomic mass is 10.0. The smallest absolute Gasteiger partial charge is 0.220 e. The lowest BCUT2D eigenvalue weighted by Crippen LogP contribution is -2.45. The molecule has 1 amide bonds. The number of hydrogen-bond acceptors (Lipinski definition) is 2. The van der Waals surface area contributed by atoms with Crippen LogP contribution in [-0.4, -0.2) is 25.0 Å². The van der Waals surface area contributed by atoms with Crippen molar-refractivity contribution in [1.82, 2.24) is 10.6 Å². The second kappa shape index (κ2) is 6.02. The maximum atomic E-state index is 11.5. The first-order valence-corrected chi connectivity index (χ1v) is 5.72. The molecule has 1 heterocycles. The molecule has 2 N–H and O–H groups in total. The van der Waals surface area contributed by atoms with E-state index in [1.165, 1.54) is 6.42 Å². The summed E-state index contributed by atoms with van der Waals surface area (Å²) in [6.07, 6.45) is 4.05. The van der Waals surface area contributed by atoms with Gasteiger partial charge in [0.2, 0.25) is 5.91 Å². The first kappa shape index (κ1) is 11.5. The van der Waals surface area contributed by atoms with Gasteiger partial charge in [-0.05, 0) is 25.3 Å². The predicted octanol–water partition coefficient (Wildman–Crippen LogP) is 1.29. The third kappa shape index (κ3) is 4.09. The lowest BCUT2D eigenvalue weighted by Gasteiger charge is -2.24. The van der Waals surface area contributed by atoms with Gasteiger partial charge in [-0.3, -0.25) is 4.79 Å². The molecule has 0 saturated carbocycles. The molecular weight excluding hydrogens is 176 g/mol. The van der Waals surface area contributed by atoms with Gasteiger partial charge in [0.15, 0.2) is 0 Å². The number of piperidine rings is 1. The van der Waals surface area contributed by atoms with E-state index in [-0.39, 0.29) is 5.91 Å². The Morgan fingerprint density at radius 1 is 1.64 bits per heavy atom. The maximum absolute atomic E-state index is 11.5. The van der Waals surface area contributed by atoms with Crippen molar-refractivity contribution in [3.05, 3.63) is 0 Å². The second-order valence-corrected chi connectivity index (χ2v) is 4.33. The Morgan fingerprint density at radius 3 is 3.00 bits per heavy atom. The van der Waals surface area contributed by atoms with Crippen molar-refractivity contribution in [3.8, 4) is 0 Å². The zero-order valence-corrected chi connectivity index (χ0v) is 9.31. The van der Waals surface area contributed by atoms with Gasteiger partial charge in [-0.25, -0.2) is 0 Å². The summed E-state index contributed by atoms with van der Waals surface area (Å²) in [4.78, 5) is 11.5. The number of rotatable bonds is 4. The minimum Gasteiger partial charge on any atom is -0.352 e. The molecule has 1 rings (SSSR count). The highest BCUT2D eigenvalue weighted by molar-refractivity contribution is 5.76. The molecule has 82 valence electrons. The van der Waals surface area contributed by atoms with Crippen LogP contribution in [0.3, 0.4) is 0 Å². The molecule has 2 unspecified atom stereocenters. The molecule has 3 nitrogen and oxygen atoms in total. The molecule has 1 saturated heterocycles. The summed E-state index contributed by atoms with van der Waals surface area (Å²) < 4.78 is 0. The van der Waals surface area contributed by atoms with Gasteiger partial charge < -0.3 is 10.6 Å². The quantitative estimate of drug-likeness (QED) is 0.714. The van der Waals surface area contributed by atoms with Gasteiger partial charge in [0.05, 0.1) is 0 Å². The molecule has 1 aliphatic heterocycles. The summed E-state index contributed by atoms with van der Waals surface area (Å²) >= 11 is 0. The summed E-state index contributed by atoms with van der Waals surface area (Å²) in [5.74, 6) is 0.722. The number of amides is 1. The van der Waals surface area contributed by atoms with E-state index in [4.69, 9.17) is 0 Å². The average Bonchev–Trinajstić information content (AvgIpc) is 2.19. The second-order valence-electron chi connectivity index (χ2n) is 4.33. The summed E-state index contributed by atoms with van der Waals surface area (Å²) in [5, 5.41) is 6.38. The molecule has 0 radical (unpaired) electrons. The van der Waals surface area contributed by atoms with Crippen LogP contribution in [0.15, 0.2) is 0 Å². The Labute approximate surface area is 86.6 Å². The van der Waals surface area contributed by atoms with Crippen LogP contribution >= 0.6 is 0 Å². The molecule has 2 atom stereocenters. The molecule has 0 bridgehead atoms. The molecular formula is C11H22N2O. The molecule has 0 aromatic carbocycles. The van der Waals surface area contributed by atoms with Crippen molar-refractivity contribution in [2.24, 2.45) is 5.92 Å². The highest BCUT2D eigenvalue weighted by Gasteiger charge is 2.15. The number of nitrogens with one attached hydrogen (secondary N) is 2. The van der Waals surface area contributed by atoms with Crippen LogP contribution in [0.1, 0.15) is 39.5 Å². The fourth-order valence-corrected chi connectivity index (χ4v) is 1.72. The van der Waals surface area contributed by atoms with Gasteiger partial charge in [-0.1, -0.05) is 20.3 Å². The van der Waals surface area contributed by atoms with Gasteiger partial charge in [-0.2, -0.15) is 0 Å². The molecule has 3 heteroatoms. The van der Waals surface area contributed by atoms with E-state index in [0.717, 1.165) is 25.9 Å². The third-order valence-electron chi connectivity index (χ3n) is 2.89. The van der Waals surface area contributed by atoms with Crippen LogP contribution in [0, 0.1) is 5.92 Å². The first-order chi connectivity index (χ1) is 6.72. The zero-order chi connectivity index (χ0) is 10.4. The largest absolute Gasteiger partial charge is 0.352 e. The van der Waals surface area contributed by atoms with E-state index < -0.39 is 0 Å². The van der Waals surface area contributed by atoms with Gasteiger partial charge in [0, 0.05) is 19.0 Å². The third-order valence-corrected chi connectivity index (χ3v) is 2.89. The normalized spacial score (nSPS) is 24.3. The van der Waals surface area contributed by atoms with E-state index in [0.29, 0.717) is 18.4 Å². The lowest BCUT2D eigenvalue weighted by molar-refractivity contribution is -0.122. The standard InChI is InChI=1S/C11H22N2O/c1-3-9(2)7-11(14)13-10-5-4-6-12-8-10/h9-10,12H,3-8H2,1-2H3,(H,13,14). The van der Waals surface area contributed by atoms with E-state index in [2.05, 4.69) is 24.5 Å². The van der Waals surface area contributed by atoms with Crippen LogP contribution in [0.5, 0.6) is 0 Å². The van der Waals surface area contributed by atoms with Crippen molar-refractivity contribution in [2.45, 2.75) is 45.6 Å². The highest BCUT2D eigenvalue weighted by Crippen LogP contribution is 2.07. The van der Waals surface area contributed by atoms with Crippen LogP contribution in [0.2, 0.25) is 0 Å². The average molecular weight is 198 g/mol. The van der Waals surface area contributed by atoms with Crippen molar-refractivity contribution >= 4 is 5.91 Å². The van der Waals surface area contributed by atoms with Crippen molar-refractivity contribution in [2.75, 3.05) is 13.1 Å². The minimum atomic E-state index is 0.216. The number of hydrogen-bond donors (Lipinski definition) is 2. The van der Waals surface area contributed by atoms with E-state index >= 15 is 0 Å². The Morgan fingerprint density at radius 2 is 2.43 bits per heavy atom. The van der Waals surface area contributed by atoms with E-state index in [1.54, 1.807) is 0 Å². The van der Waals surface area contributed by atoms with E-state index in [1.807, 2.05) is 0 Å². The van der Waals surface area contributed by atoms with Crippen LogP contribution in [0.4, 0.5) is 0 Å². The molecule has 1 aliphatic rings. The monoisotopic (exact) mass is 198 g/mol. The first-order valence-electron chi connectivity index (χ1n) is 5.72. The number of carbonyl (C=O) groups is 1. The van der Waals surface area contributed by atoms with Gasteiger partial charge >= 0.3 is 0 Å². The van der Waals surface area contributed by atoms with Crippen LogP contribution < -0.4 is 10.6 Å². The van der Waals surface area contributed by atoms with Crippen molar-refractivity contribution < 1.29 is 4.79 Å². The minimum absolute atomic E-state index is 0.216. The molecule has 0 aromatic rings. The summed E-state index contributed by atoms with van der Waals surface area (Å²) in [7, 11) is 0. The molecule has 14 heavy (non-hydrogen) atoms. The van der Waals surface area contributed by atoms with Gasteiger partial charge in [-0.15, -0.1) is 0 Å². The fraction of sp³-hybridized carbons (Fsp3) is 0.909. The summed E-state index contributed by atoms with van der Waals surface area (Å²) in [5.41, 5.74) is 0. The topological polar surface area (TPSA) is 41.1 Å². The zero-order valence-electron chi connectivity index (χ0n) is 9.31. The molecule has 0 aromatic heterocycles. The molecule has 0 aliphatic carbocycles. The molecule has 0 spiro atoms. The Kier molecular flexibility index (Phi) is 4.94. The van der Waals surface area contributed by atoms with Crippen LogP contribution in [-0.2, 0) is 4.79 Å². The SMILES string of the molecule is CCC(C)CC(=O)NC1CCCNC1. The fourth-order valence-electron chi connectivity index (χ4n) is 1.72. The Balaban J connectivity index is 2.18.